The molecule has 0 saturated heterocycles. The van der Waals surface area contributed by atoms with Crippen molar-refractivity contribution in [2.24, 2.45) is 0 Å². The van der Waals surface area contributed by atoms with E-state index in [-0.39, 0.29) is 17.8 Å². The zero-order valence-electron chi connectivity index (χ0n) is 12.8. The summed E-state index contributed by atoms with van der Waals surface area (Å²) in [4.78, 5) is 25.0. The zero-order chi connectivity index (χ0) is 17.0. The van der Waals surface area contributed by atoms with Crippen molar-refractivity contribution in [2.75, 3.05) is 7.05 Å². The van der Waals surface area contributed by atoms with E-state index in [2.05, 4.69) is 5.10 Å². The van der Waals surface area contributed by atoms with Crippen LogP contribution in [0.3, 0.4) is 0 Å². The van der Waals surface area contributed by atoms with Crippen LogP contribution in [0.4, 0.5) is 8.78 Å². The van der Waals surface area contributed by atoms with Crippen LogP contribution in [0, 0.1) is 0 Å². The molecule has 0 bridgehead atoms. The molecule has 2 rings (SSSR count). The first kappa shape index (κ1) is 16.8. The van der Waals surface area contributed by atoms with E-state index in [0.29, 0.717) is 0 Å². The van der Waals surface area contributed by atoms with Crippen LogP contribution in [0.5, 0.6) is 0 Å². The SMILES string of the molecule is CC(C(F)F)N(C)C(=O)c1ccc(=O)n(Cc2ccccc2)n1. The van der Waals surface area contributed by atoms with Crippen molar-refractivity contribution in [1.29, 1.82) is 0 Å². The maximum atomic E-state index is 12.7. The molecular weight excluding hydrogens is 304 g/mol. The second kappa shape index (κ2) is 7.13. The van der Waals surface area contributed by atoms with Gasteiger partial charge in [0.05, 0.1) is 12.6 Å². The molecule has 2 aromatic rings. The fourth-order valence-electron chi connectivity index (χ4n) is 1.97. The Kier molecular flexibility index (Phi) is 5.20. The van der Waals surface area contributed by atoms with Crippen LogP contribution in [-0.2, 0) is 6.54 Å². The molecule has 1 amide bonds. The topological polar surface area (TPSA) is 55.2 Å². The summed E-state index contributed by atoms with van der Waals surface area (Å²) in [5.41, 5.74) is 0.437. The Bertz CT molecular complexity index is 732. The van der Waals surface area contributed by atoms with Crippen LogP contribution in [0.15, 0.2) is 47.3 Å². The summed E-state index contributed by atoms with van der Waals surface area (Å²) in [6.07, 6.45) is -2.65. The average molecular weight is 321 g/mol. The lowest BCUT2D eigenvalue weighted by atomic mass is 10.2. The van der Waals surface area contributed by atoms with Crippen molar-refractivity contribution >= 4 is 5.91 Å². The molecule has 7 heteroatoms. The zero-order valence-corrected chi connectivity index (χ0v) is 12.8. The van der Waals surface area contributed by atoms with Crippen molar-refractivity contribution in [2.45, 2.75) is 25.9 Å². The van der Waals surface area contributed by atoms with E-state index >= 15 is 0 Å². The molecule has 1 heterocycles. The van der Waals surface area contributed by atoms with Gasteiger partial charge in [0, 0.05) is 13.1 Å². The molecule has 1 atom stereocenters. The summed E-state index contributed by atoms with van der Waals surface area (Å²) >= 11 is 0. The maximum Gasteiger partial charge on any atom is 0.274 e. The third kappa shape index (κ3) is 4.00. The smallest absolute Gasteiger partial charge is 0.274 e. The molecule has 0 radical (unpaired) electrons. The van der Waals surface area contributed by atoms with Crippen LogP contribution in [0.1, 0.15) is 23.0 Å². The highest BCUT2D eigenvalue weighted by molar-refractivity contribution is 5.92. The van der Waals surface area contributed by atoms with E-state index in [4.69, 9.17) is 0 Å². The second-order valence-electron chi connectivity index (χ2n) is 5.19. The number of halogens is 2. The number of aromatic nitrogens is 2. The summed E-state index contributed by atoms with van der Waals surface area (Å²) < 4.78 is 26.6. The molecule has 0 aliphatic rings. The first-order valence-corrected chi connectivity index (χ1v) is 7.07. The number of rotatable bonds is 5. The minimum absolute atomic E-state index is 0.0458. The van der Waals surface area contributed by atoms with Gasteiger partial charge in [-0.15, -0.1) is 0 Å². The van der Waals surface area contributed by atoms with Crippen LogP contribution in [-0.4, -0.2) is 40.1 Å². The highest BCUT2D eigenvalue weighted by Crippen LogP contribution is 2.10. The van der Waals surface area contributed by atoms with Crippen molar-refractivity contribution in [3.05, 3.63) is 64.1 Å². The van der Waals surface area contributed by atoms with E-state index in [0.717, 1.165) is 15.1 Å². The van der Waals surface area contributed by atoms with E-state index < -0.39 is 18.4 Å². The number of alkyl halides is 2. The number of amides is 1. The lowest BCUT2D eigenvalue weighted by Crippen LogP contribution is -2.40. The maximum absolute atomic E-state index is 12.7. The van der Waals surface area contributed by atoms with Gasteiger partial charge >= 0.3 is 0 Å². The molecule has 5 nitrogen and oxygen atoms in total. The normalized spacial score (nSPS) is 12.2. The molecule has 0 aliphatic carbocycles. The molecule has 1 unspecified atom stereocenters. The molecule has 122 valence electrons. The lowest BCUT2D eigenvalue weighted by Gasteiger charge is -2.23. The van der Waals surface area contributed by atoms with Gasteiger partial charge in [0.1, 0.15) is 5.69 Å². The van der Waals surface area contributed by atoms with Gasteiger partial charge in [-0.1, -0.05) is 30.3 Å². The quantitative estimate of drug-likeness (QED) is 0.846. The summed E-state index contributed by atoms with van der Waals surface area (Å²) in [6.45, 7) is 1.46. The predicted molar refractivity (Wildman–Crippen MR) is 81.6 cm³/mol. The third-order valence-electron chi connectivity index (χ3n) is 3.56. The van der Waals surface area contributed by atoms with Gasteiger partial charge in [0.2, 0.25) is 0 Å². The number of nitrogens with zero attached hydrogens (tertiary/aromatic N) is 3. The average Bonchev–Trinajstić information content (AvgIpc) is 2.55. The Labute approximate surface area is 132 Å². The lowest BCUT2D eigenvalue weighted by molar-refractivity contribution is 0.0357. The van der Waals surface area contributed by atoms with Crippen molar-refractivity contribution < 1.29 is 13.6 Å². The van der Waals surface area contributed by atoms with Gasteiger partial charge in [-0.2, -0.15) is 5.10 Å². The Balaban J connectivity index is 2.26. The monoisotopic (exact) mass is 321 g/mol. The second-order valence-corrected chi connectivity index (χ2v) is 5.19. The fourth-order valence-corrected chi connectivity index (χ4v) is 1.97. The van der Waals surface area contributed by atoms with Gasteiger partial charge in [0.15, 0.2) is 0 Å². The molecule has 0 aliphatic heterocycles. The van der Waals surface area contributed by atoms with Gasteiger partial charge in [0.25, 0.3) is 17.9 Å². The summed E-state index contributed by atoms with van der Waals surface area (Å²) in [6, 6.07) is 10.4. The molecule has 1 aromatic heterocycles. The van der Waals surface area contributed by atoms with E-state index in [9.17, 15) is 18.4 Å². The summed E-state index contributed by atoms with van der Waals surface area (Å²) in [7, 11) is 1.29. The third-order valence-corrected chi connectivity index (χ3v) is 3.56. The number of hydrogen-bond acceptors (Lipinski definition) is 3. The first-order valence-electron chi connectivity index (χ1n) is 7.07. The van der Waals surface area contributed by atoms with E-state index in [1.165, 1.54) is 26.1 Å². The Hall–Kier alpha value is -2.57. The molecule has 23 heavy (non-hydrogen) atoms. The van der Waals surface area contributed by atoms with Crippen LogP contribution in [0.2, 0.25) is 0 Å². The van der Waals surface area contributed by atoms with Crippen molar-refractivity contribution in [3.63, 3.8) is 0 Å². The molecule has 0 saturated carbocycles. The van der Waals surface area contributed by atoms with E-state index in [1.54, 1.807) is 0 Å². The minimum Gasteiger partial charge on any atom is -0.332 e. The Morgan fingerprint density at radius 3 is 2.48 bits per heavy atom. The van der Waals surface area contributed by atoms with Crippen LogP contribution in [0.25, 0.3) is 0 Å². The van der Waals surface area contributed by atoms with Gasteiger partial charge < -0.3 is 4.90 Å². The number of carbonyl (C=O) groups excluding carboxylic acids is 1. The predicted octanol–water partition coefficient (Wildman–Crippen LogP) is 2.02. The largest absolute Gasteiger partial charge is 0.332 e. The highest BCUT2D eigenvalue weighted by atomic mass is 19.3. The van der Waals surface area contributed by atoms with Gasteiger partial charge in [-0.05, 0) is 18.6 Å². The summed E-state index contributed by atoms with van der Waals surface area (Å²) in [5, 5.41) is 4.00. The Morgan fingerprint density at radius 1 is 1.22 bits per heavy atom. The van der Waals surface area contributed by atoms with Crippen LogP contribution >= 0.6 is 0 Å². The number of benzene rings is 1. The highest BCUT2D eigenvalue weighted by Gasteiger charge is 2.25. The van der Waals surface area contributed by atoms with E-state index in [1.807, 2.05) is 30.3 Å². The number of hydrogen-bond donors (Lipinski definition) is 0. The first-order chi connectivity index (χ1) is 10.9. The number of carbonyl (C=O) groups is 1. The van der Waals surface area contributed by atoms with Crippen molar-refractivity contribution in [3.8, 4) is 0 Å². The van der Waals surface area contributed by atoms with Crippen molar-refractivity contribution in [1.82, 2.24) is 14.7 Å². The molecule has 0 N–H and O–H groups in total. The Morgan fingerprint density at radius 2 is 1.87 bits per heavy atom. The van der Waals surface area contributed by atoms with Crippen LogP contribution < -0.4 is 5.56 Å². The summed E-state index contributed by atoms with van der Waals surface area (Å²) in [5.74, 6) is -0.653. The van der Waals surface area contributed by atoms with Gasteiger partial charge in [-0.3, -0.25) is 9.59 Å². The minimum atomic E-state index is -2.65. The fraction of sp³-hybridized carbons (Fsp3) is 0.312. The van der Waals surface area contributed by atoms with Gasteiger partial charge in [-0.25, -0.2) is 13.5 Å². The molecule has 0 fully saturated rings. The standard InChI is InChI=1S/C16H17F2N3O2/c1-11(15(17)18)20(2)16(23)13-8-9-14(22)21(19-13)10-12-6-4-3-5-7-12/h3-9,11,15H,10H2,1-2H3. The molecule has 1 aromatic carbocycles. The molecular formula is C16H17F2N3O2. The molecule has 0 spiro atoms.